The SMILES string of the molecule is CCCCCc1nocc1C(N)=O. The monoisotopic (exact) mass is 182 g/mol. The van der Waals surface area contributed by atoms with Gasteiger partial charge in [0, 0.05) is 0 Å². The van der Waals surface area contributed by atoms with Crippen LogP contribution in [0.3, 0.4) is 0 Å². The lowest BCUT2D eigenvalue weighted by molar-refractivity contribution is 0.0999. The first-order valence-corrected chi connectivity index (χ1v) is 4.48. The molecule has 1 rings (SSSR count). The van der Waals surface area contributed by atoms with E-state index in [1.165, 1.54) is 6.26 Å². The molecule has 0 radical (unpaired) electrons. The van der Waals surface area contributed by atoms with Crippen LogP contribution in [0.2, 0.25) is 0 Å². The van der Waals surface area contributed by atoms with Gasteiger partial charge in [-0.2, -0.15) is 0 Å². The molecule has 0 spiro atoms. The molecule has 0 aliphatic rings. The zero-order valence-corrected chi connectivity index (χ0v) is 7.75. The van der Waals surface area contributed by atoms with Gasteiger partial charge >= 0.3 is 0 Å². The number of nitrogens with two attached hydrogens (primary N) is 1. The number of nitrogens with zero attached hydrogens (tertiary/aromatic N) is 1. The molecule has 1 aromatic rings. The molecule has 4 heteroatoms. The minimum Gasteiger partial charge on any atom is -0.365 e. The molecule has 0 aromatic carbocycles. The maximum Gasteiger partial charge on any atom is 0.253 e. The number of amides is 1. The van der Waals surface area contributed by atoms with Gasteiger partial charge in [-0.3, -0.25) is 4.79 Å². The Hall–Kier alpha value is -1.32. The van der Waals surface area contributed by atoms with E-state index in [9.17, 15) is 4.79 Å². The molecule has 4 nitrogen and oxygen atoms in total. The minimum atomic E-state index is -0.465. The van der Waals surface area contributed by atoms with Gasteiger partial charge in [0.1, 0.15) is 11.8 Å². The fourth-order valence-corrected chi connectivity index (χ4v) is 1.18. The molecule has 0 atom stereocenters. The van der Waals surface area contributed by atoms with Crippen LogP contribution in [-0.2, 0) is 6.42 Å². The van der Waals surface area contributed by atoms with E-state index in [0.29, 0.717) is 11.3 Å². The Balaban J connectivity index is 2.55. The number of primary amides is 1. The van der Waals surface area contributed by atoms with Crippen LogP contribution in [0.15, 0.2) is 10.8 Å². The molecular formula is C9H14N2O2. The number of hydrogen-bond acceptors (Lipinski definition) is 3. The van der Waals surface area contributed by atoms with E-state index in [-0.39, 0.29) is 0 Å². The highest BCUT2D eigenvalue weighted by Crippen LogP contribution is 2.10. The van der Waals surface area contributed by atoms with Crippen LogP contribution >= 0.6 is 0 Å². The summed E-state index contributed by atoms with van der Waals surface area (Å²) in [5.74, 6) is -0.465. The molecular weight excluding hydrogens is 168 g/mol. The second kappa shape index (κ2) is 4.64. The fourth-order valence-electron chi connectivity index (χ4n) is 1.18. The number of carbonyl (C=O) groups is 1. The lowest BCUT2D eigenvalue weighted by atomic mass is 10.1. The van der Waals surface area contributed by atoms with Gasteiger partial charge in [-0.05, 0) is 12.8 Å². The average molecular weight is 182 g/mol. The van der Waals surface area contributed by atoms with E-state index >= 15 is 0 Å². The Labute approximate surface area is 77.1 Å². The second-order valence-corrected chi connectivity index (χ2v) is 3.00. The van der Waals surface area contributed by atoms with E-state index in [1.807, 2.05) is 0 Å². The molecule has 2 N–H and O–H groups in total. The fraction of sp³-hybridized carbons (Fsp3) is 0.556. The first-order chi connectivity index (χ1) is 6.25. The topological polar surface area (TPSA) is 69.1 Å². The molecule has 0 saturated carbocycles. The zero-order chi connectivity index (χ0) is 9.68. The molecule has 0 bridgehead atoms. The number of carbonyl (C=O) groups excluding carboxylic acids is 1. The molecule has 0 aliphatic carbocycles. The Morgan fingerprint density at radius 1 is 1.62 bits per heavy atom. The smallest absolute Gasteiger partial charge is 0.253 e. The third-order valence-electron chi connectivity index (χ3n) is 1.93. The highest BCUT2D eigenvalue weighted by Gasteiger charge is 2.11. The third-order valence-corrected chi connectivity index (χ3v) is 1.93. The van der Waals surface area contributed by atoms with Gasteiger partial charge in [-0.1, -0.05) is 24.9 Å². The maximum atomic E-state index is 10.8. The average Bonchev–Trinajstić information content (AvgIpc) is 2.53. The van der Waals surface area contributed by atoms with Crippen molar-refractivity contribution in [3.8, 4) is 0 Å². The van der Waals surface area contributed by atoms with Crippen LogP contribution in [0.4, 0.5) is 0 Å². The van der Waals surface area contributed by atoms with E-state index in [2.05, 4.69) is 16.6 Å². The van der Waals surface area contributed by atoms with Crippen LogP contribution in [0.5, 0.6) is 0 Å². The summed E-state index contributed by atoms with van der Waals surface area (Å²) in [6.45, 7) is 2.12. The van der Waals surface area contributed by atoms with Gasteiger partial charge in [0.25, 0.3) is 5.91 Å². The lowest BCUT2D eigenvalue weighted by Crippen LogP contribution is -2.12. The van der Waals surface area contributed by atoms with Crippen LogP contribution in [0, 0.1) is 0 Å². The van der Waals surface area contributed by atoms with Crippen LogP contribution in [-0.4, -0.2) is 11.1 Å². The van der Waals surface area contributed by atoms with E-state index in [4.69, 9.17) is 5.73 Å². The summed E-state index contributed by atoms with van der Waals surface area (Å²) in [6.07, 6.45) is 5.37. The van der Waals surface area contributed by atoms with Crippen molar-refractivity contribution in [3.05, 3.63) is 17.5 Å². The number of aromatic nitrogens is 1. The first kappa shape index (κ1) is 9.77. The summed E-state index contributed by atoms with van der Waals surface area (Å²) in [5, 5.41) is 3.73. The maximum absolute atomic E-state index is 10.8. The molecule has 1 amide bonds. The van der Waals surface area contributed by atoms with Crippen molar-refractivity contribution < 1.29 is 9.32 Å². The molecule has 0 saturated heterocycles. The molecule has 0 fully saturated rings. The largest absolute Gasteiger partial charge is 0.365 e. The molecule has 1 aromatic heterocycles. The highest BCUT2D eigenvalue weighted by molar-refractivity contribution is 5.93. The summed E-state index contributed by atoms with van der Waals surface area (Å²) < 4.78 is 4.69. The van der Waals surface area contributed by atoms with Gasteiger partial charge in [-0.25, -0.2) is 0 Å². The number of rotatable bonds is 5. The summed E-state index contributed by atoms with van der Waals surface area (Å²) in [5.41, 5.74) is 6.22. The van der Waals surface area contributed by atoms with Crippen molar-refractivity contribution in [1.29, 1.82) is 0 Å². The molecule has 72 valence electrons. The lowest BCUT2D eigenvalue weighted by Gasteiger charge is -1.96. The normalized spacial score (nSPS) is 10.2. The predicted octanol–water partition coefficient (Wildman–Crippen LogP) is 1.51. The Bertz CT molecular complexity index is 281. The summed E-state index contributed by atoms with van der Waals surface area (Å²) in [4.78, 5) is 10.8. The quantitative estimate of drug-likeness (QED) is 0.701. The zero-order valence-electron chi connectivity index (χ0n) is 7.75. The highest BCUT2D eigenvalue weighted by atomic mass is 16.5. The number of hydrogen-bond donors (Lipinski definition) is 1. The number of aryl methyl sites for hydroxylation is 1. The Morgan fingerprint density at radius 2 is 2.38 bits per heavy atom. The second-order valence-electron chi connectivity index (χ2n) is 3.00. The third kappa shape index (κ3) is 2.57. The van der Waals surface area contributed by atoms with Crippen LogP contribution in [0.1, 0.15) is 42.2 Å². The molecule has 1 heterocycles. The van der Waals surface area contributed by atoms with Crippen molar-refractivity contribution in [2.24, 2.45) is 5.73 Å². The first-order valence-electron chi connectivity index (χ1n) is 4.48. The van der Waals surface area contributed by atoms with E-state index < -0.39 is 5.91 Å². The molecule has 0 aliphatic heterocycles. The van der Waals surface area contributed by atoms with Crippen LogP contribution < -0.4 is 5.73 Å². The van der Waals surface area contributed by atoms with Gasteiger partial charge < -0.3 is 10.3 Å². The van der Waals surface area contributed by atoms with E-state index in [0.717, 1.165) is 25.7 Å². The van der Waals surface area contributed by atoms with Gasteiger partial charge in [-0.15, -0.1) is 0 Å². The summed E-state index contributed by atoms with van der Waals surface area (Å²) in [7, 11) is 0. The summed E-state index contributed by atoms with van der Waals surface area (Å²) >= 11 is 0. The van der Waals surface area contributed by atoms with Crippen LogP contribution in [0.25, 0.3) is 0 Å². The van der Waals surface area contributed by atoms with Gasteiger partial charge in [0.2, 0.25) is 0 Å². The molecule has 13 heavy (non-hydrogen) atoms. The van der Waals surface area contributed by atoms with Crippen molar-refractivity contribution in [1.82, 2.24) is 5.16 Å². The standard InChI is InChI=1S/C9H14N2O2/c1-2-3-4-5-8-7(9(10)12)6-13-11-8/h6H,2-5H2,1H3,(H2,10,12). The minimum absolute atomic E-state index is 0.413. The Kier molecular flexibility index (Phi) is 3.49. The Morgan fingerprint density at radius 3 is 3.00 bits per heavy atom. The number of unbranched alkanes of at least 4 members (excludes halogenated alkanes) is 2. The molecule has 0 unspecified atom stereocenters. The van der Waals surface area contributed by atoms with Gasteiger partial charge in [0.05, 0.1) is 5.69 Å². The summed E-state index contributed by atoms with van der Waals surface area (Å²) in [6, 6.07) is 0. The van der Waals surface area contributed by atoms with E-state index in [1.54, 1.807) is 0 Å². The van der Waals surface area contributed by atoms with Crippen molar-refractivity contribution in [3.63, 3.8) is 0 Å². The predicted molar refractivity (Wildman–Crippen MR) is 48.2 cm³/mol. The van der Waals surface area contributed by atoms with Gasteiger partial charge in [0.15, 0.2) is 0 Å². The van der Waals surface area contributed by atoms with Crippen molar-refractivity contribution >= 4 is 5.91 Å². The van der Waals surface area contributed by atoms with Crippen molar-refractivity contribution in [2.45, 2.75) is 32.6 Å². The van der Waals surface area contributed by atoms with Crippen molar-refractivity contribution in [2.75, 3.05) is 0 Å².